The van der Waals surface area contributed by atoms with E-state index in [0.29, 0.717) is 0 Å². The maximum atomic E-state index is 13.0. The molecule has 1 nitrogen and oxygen atoms in total. The van der Waals surface area contributed by atoms with Gasteiger partial charge in [0, 0.05) is 12.3 Å². The Balaban J connectivity index is 2.43. The maximum absolute atomic E-state index is 13.0. The van der Waals surface area contributed by atoms with Gasteiger partial charge in [0.05, 0.1) is 0 Å². The fraction of sp³-hybridized carbons (Fsp3) is 0.235. The molecule has 104 valence electrons. The lowest BCUT2D eigenvalue weighted by Gasteiger charge is -2.17. The molecule has 0 saturated heterocycles. The van der Waals surface area contributed by atoms with E-state index >= 15 is 0 Å². The Labute approximate surface area is 123 Å². The normalized spacial score (nSPS) is 12.2. The van der Waals surface area contributed by atoms with Gasteiger partial charge in [0.25, 0.3) is 0 Å². The van der Waals surface area contributed by atoms with Crippen molar-refractivity contribution < 1.29 is 9.18 Å². The molecule has 0 aromatic heterocycles. The van der Waals surface area contributed by atoms with E-state index in [4.69, 9.17) is 11.6 Å². The summed E-state index contributed by atoms with van der Waals surface area (Å²) in [4.78, 5) is 11.3. The summed E-state index contributed by atoms with van der Waals surface area (Å²) in [6.07, 6.45) is 0.204. The molecule has 1 unspecified atom stereocenters. The highest BCUT2D eigenvalue weighted by molar-refractivity contribution is 6.63. The Kier molecular flexibility index (Phi) is 4.56. The van der Waals surface area contributed by atoms with Crippen molar-refractivity contribution in [1.82, 2.24) is 0 Å². The Morgan fingerprint density at radius 3 is 2.20 bits per heavy atom. The van der Waals surface area contributed by atoms with Crippen LogP contribution in [0.25, 0.3) is 0 Å². The van der Waals surface area contributed by atoms with Crippen molar-refractivity contribution in [3.63, 3.8) is 0 Å². The van der Waals surface area contributed by atoms with E-state index in [1.54, 1.807) is 12.1 Å². The van der Waals surface area contributed by atoms with Gasteiger partial charge in [-0.2, -0.15) is 0 Å². The number of rotatable bonds is 4. The fourth-order valence-corrected chi connectivity index (χ4v) is 2.42. The number of carbonyl (C=O) groups is 1. The molecule has 1 atom stereocenters. The third-order valence-corrected chi connectivity index (χ3v) is 3.72. The Morgan fingerprint density at radius 1 is 1.05 bits per heavy atom. The molecule has 0 heterocycles. The average molecular weight is 291 g/mol. The van der Waals surface area contributed by atoms with Gasteiger partial charge < -0.3 is 0 Å². The molecule has 2 aromatic carbocycles. The van der Waals surface area contributed by atoms with Crippen LogP contribution in [-0.2, 0) is 4.79 Å². The molecule has 0 aliphatic carbocycles. The zero-order valence-electron chi connectivity index (χ0n) is 11.5. The number of hydrogen-bond acceptors (Lipinski definition) is 1. The first-order valence-electron chi connectivity index (χ1n) is 6.48. The van der Waals surface area contributed by atoms with Crippen LogP contribution >= 0.6 is 11.6 Å². The molecule has 2 rings (SSSR count). The van der Waals surface area contributed by atoms with Crippen LogP contribution in [0.4, 0.5) is 4.39 Å². The highest BCUT2D eigenvalue weighted by Crippen LogP contribution is 2.30. The van der Waals surface area contributed by atoms with Gasteiger partial charge >= 0.3 is 0 Å². The smallest absolute Gasteiger partial charge is 0.222 e. The van der Waals surface area contributed by atoms with Gasteiger partial charge in [-0.05, 0) is 59.8 Å². The largest absolute Gasteiger partial charge is 0.281 e. The summed E-state index contributed by atoms with van der Waals surface area (Å²) in [7, 11) is 0. The monoisotopic (exact) mass is 290 g/mol. The SMILES string of the molecule is Cc1ccc(C(CC(=O)Cl)c2ccc(F)cc2)cc1C. The molecule has 20 heavy (non-hydrogen) atoms. The minimum Gasteiger partial charge on any atom is -0.281 e. The van der Waals surface area contributed by atoms with Crippen molar-refractivity contribution in [1.29, 1.82) is 0 Å². The van der Waals surface area contributed by atoms with Gasteiger partial charge in [0.15, 0.2) is 0 Å². The van der Waals surface area contributed by atoms with E-state index in [2.05, 4.69) is 6.07 Å². The first kappa shape index (κ1) is 14.7. The maximum Gasteiger partial charge on any atom is 0.222 e. The van der Waals surface area contributed by atoms with E-state index in [1.165, 1.54) is 17.7 Å². The number of carbonyl (C=O) groups excluding carboxylic acids is 1. The second-order valence-electron chi connectivity index (χ2n) is 5.01. The van der Waals surface area contributed by atoms with E-state index in [1.807, 2.05) is 26.0 Å². The second kappa shape index (κ2) is 6.19. The van der Waals surface area contributed by atoms with Crippen LogP contribution in [0.1, 0.15) is 34.6 Å². The molecule has 0 amide bonds. The van der Waals surface area contributed by atoms with Crippen LogP contribution < -0.4 is 0 Å². The number of benzene rings is 2. The van der Waals surface area contributed by atoms with Gasteiger partial charge in [0.1, 0.15) is 5.82 Å². The molecule has 0 aliphatic rings. The van der Waals surface area contributed by atoms with Gasteiger partial charge in [-0.25, -0.2) is 4.39 Å². The Bertz CT molecular complexity index is 619. The molecule has 0 fully saturated rings. The summed E-state index contributed by atoms with van der Waals surface area (Å²) in [6, 6.07) is 12.3. The summed E-state index contributed by atoms with van der Waals surface area (Å²) in [5, 5.41) is -0.391. The van der Waals surface area contributed by atoms with Crippen molar-refractivity contribution in [2.24, 2.45) is 0 Å². The predicted molar refractivity (Wildman–Crippen MR) is 79.6 cm³/mol. The predicted octanol–water partition coefficient (Wildman–Crippen LogP) is 4.73. The van der Waals surface area contributed by atoms with E-state index in [-0.39, 0.29) is 18.2 Å². The third kappa shape index (κ3) is 3.45. The zero-order valence-corrected chi connectivity index (χ0v) is 12.2. The van der Waals surface area contributed by atoms with E-state index in [9.17, 15) is 9.18 Å². The van der Waals surface area contributed by atoms with Crippen LogP contribution in [0.5, 0.6) is 0 Å². The molecule has 2 aromatic rings. The lowest BCUT2D eigenvalue weighted by atomic mass is 9.87. The quantitative estimate of drug-likeness (QED) is 0.744. The lowest BCUT2D eigenvalue weighted by molar-refractivity contribution is -0.111. The first-order valence-corrected chi connectivity index (χ1v) is 6.86. The summed E-state index contributed by atoms with van der Waals surface area (Å²) < 4.78 is 13.0. The van der Waals surface area contributed by atoms with Crippen LogP contribution in [-0.4, -0.2) is 5.24 Å². The molecule has 0 radical (unpaired) electrons. The number of aryl methyl sites for hydroxylation is 2. The standard InChI is InChI=1S/C17H16ClFO/c1-11-3-4-14(9-12(11)2)16(10-17(18)20)13-5-7-15(19)8-6-13/h3-9,16H,10H2,1-2H3. The first-order chi connectivity index (χ1) is 9.47. The molecular weight excluding hydrogens is 275 g/mol. The van der Waals surface area contributed by atoms with Crippen LogP contribution in [0, 0.1) is 19.7 Å². The van der Waals surface area contributed by atoms with E-state index < -0.39 is 5.24 Å². The van der Waals surface area contributed by atoms with Crippen molar-refractivity contribution in [3.05, 3.63) is 70.5 Å². The number of halogens is 2. The Morgan fingerprint density at radius 2 is 1.65 bits per heavy atom. The summed E-state index contributed by atoms with van der Waals surface area (Å²) >= 11 is 5.56. The molecule has 0 saturated carbocycles. The summed E-state index contributed by atoms with van der Waals surface area (Å²) in [6.45, 7) is 4.07. The van der Waals surface area contributed by atoms with Crippen molar-refractivity contribution in [3.8, 4) is 0 Å². The summed E-state index contributed by atoms with van der Waals surface area (Å²) in [5.74, 6) is -0.426. The van der Waals surface area contributed by atoms with Crippen LogP contribution in [0.2, 0.25) is 0 Å². The zero-order chi connectivity index (χ0) is 14.7. The number of hydrogen-bond donors (Lipinski definition) is 0. The third-order valence-electron chi connectivity index (χ3n) is 3.57. The topological polar surface area (TPSA) is 17.1 Å². The molecule has 0 spiro atoms. The van der Waals surface area contributed by atoms with Gasteiger partial charge in [-0.3, -0.25) is 4.79 Å². The van der Waals surface area contributed by atoms with Crippen molar-refractivity contribution >= 4 is 16.8 Å². The fourth-order valence-electron chi connectivity index (χ4n) is 2.27. The van der Waals surface area contributed by atoms with Crippen molar-refractivity contribution in [2.45, 2.75) is 26.2 Å². The van der Waals surface area contributed by atoms with Crippen LogP contribution in [0.15, 0.2) is 42.5 Å². The lowest BCUT2D eigenvalue weighted by Crippen LogP contribution is -2.06. The minimum absolute atomic E-state index is 0.139. The molecule has 3 heteroatoms. The van der Waals surface area contributed by atoms with Gasteiger partial charge in [0.2, 0.25) is 5.24 Å². The van der Waals surface area contributed by atoms with Gasteiger partial charge in [-0.1, -0.05) is 30.3 Å². The molecule has 0 bridgehead atoms. The Hall–Kier alpha value is -1.67. The molecular formula is C17H16ClFO. The second-order valence-corrected chi connectivity index (χ2v) is 5.43. The average Bonchev–Trinajstić information content (AvgIpc) is 2.40. The highest BCUT2D eigenvalue weighted by Gasteiger charge is 2.17. The minimum atomic E-state index is -0.391. The van der Waals surface area contributed by atoms with Crippen molar-refractivity contribution in [2.75, 3.05) is 0 Å². The van der Waals surface area contributed by atoms with Gasteiger partial charge in [-0.15, -0.1) is 0 Å². The molecule has 0 N–H and O–H groups in total. The molecule has 0 aliphatic heterocycles. The highest BCUT2D eigenvalue weighted by atomic mass is 35.5. The van der Waals surface area contributed by atoms with Crippen LogP contribution in [0.3, 0.4) is 0 Å². The summed E-state index contributed by atoms with van der Waals surface area (Å²) in [5.41, 5.74) is 4.28. The van der Waals surface area contributed by atoms with E-state index in [0.717, 1.165) is 16.7 Å².